The molecule has 0 saturated heterocycles. The molecule has 0 aliphatic carbocycles. The molecule has 0 bridgehead atoms. The Labute approximate surface area is 129 Å². The van der Waals surface area contributed by atoms with Crippen molar-refractivity contribution in [3.63, 3.8) is 0 Å². The van der Waals surface area contributed by atoms with Crippen molar-refractivity contribution in [2.24, 2.45) is 0 Å². The monoisotopic (exact) mass is 352 g/mol. The lowest BCUT2D eigenvalue weighted by Crippen LogP contribution is -1.94. The van der Waals surface area contributed by atoms with Gasteiger partial charge in [0.1, 0.15) is 0 Å². The summed E-state index contributed by atoms with van der Waals surface area (Å²) in [5.74, 6) is 0.549. The largest absolute Gasteiger partial charge is 0.399 e. The second-order valence-electron chi connectivity index (χ2n) is 4.34. The Balaban J connectivity index is 2.18. The third-order valence-electron chi connectivity index (χ3n) is 2.88. The minimum atomic E-state index is -0.352. The van der Waals surface area contributed by atoms with Crippen LogP contribution in [0.1, 0.15) is 11.1 Å². The number of hydrogen-bond acceptors (Lipinski definition) is 4. The molecule has 0 aromatic heterocycles. The summed E-state index contributed by atoms with van der Waals surface area (Å²) in [5.41, 5.74) is 8.38. The maximum Gasteiger partial charge on any atom is 0.274 e. The van der Waals surface area contributed by atoms with Crippen molar-refractivity contribution in [1.82, 2.24) is 0 Å². The average molecular weight is 353 g/mol. The van der Waals surface area contributed by atoms with Crippen LogP contribution in [-0.2, 0) is 5.75 Å². The number of rotatable bonds is 4. The number of aryl methyl sites for hydroxylation is 1. The molecular formula is C14H13BrN2O2S. The topological polar surface area (TPSA) is 69.2 Å². The van der Waals surface area contributed by atoms with Gasteiger partial charge in [0.25, 0.3) is 5.69 Å². The lowest BCUT2D eigenvalue weighted by atomic mass is 10.2. The van der Waals surface area contributed by atoms with Gasteiger partial charge in [0.15, 0.2) is 0 Å². The third kappa shape index (κ3) is 3.52. The molecular weight excluding hydrogens is 340 g/mol. The molecule has 2 N–H and O–H groups in total. The van der Waals surface area contributed by atoms with Crippen molar-refractivity contribution >= 4 is 39.1 Å². The summed E-state index contributed by atoms with van der Waals surface area (Å²) >= 11 is 4.81. The normalized spacial score (nSPS) is 10.5. The quantitative estimate of drug-likeness (QED) is 0.379. The first kappa shape index (κ1) is 14.9. The van der Waals surface area contributed by atoms with Crippen LogP contribution in [0.5, 0.6) is 0 Å². The number of nitrogens with two attached hydrogens (primary N) is 1. The number of nitro groups is 1. The second kappa shape index (κ2) is 6.28. The Hall–Kier alpha value is -1.53. The molecule has 0 spiro atoms. The molecule has 0 aliphatic rings. The van der Waals surface area contributed by atoms with E-state index in [1.165, 1.54) is 6.07 Å². The van der Waals surface area contributed by atoms with E-state index < -0.39 is 0 Å². The number of nitrogens with zero attached hydrogens (tertiary/aromatic N) is 1. The summed E-state index contributed by atoms with van der Waals surface area (Å²) in [7, 11) is 0. The van der Waals surface area contributed by atoms with Crippen LogP contribution in [0.25, 0.3) is 0 Å². The number of anilines is 1. The van der Waals surface area contributed by atoms with Crippen molar-refractivity contribution in [3.8, 4) is 0 Å². The van der Waals surface area contributed by atoms with E-state index >= 15 is 0 Å². The first-order valence-corrected chi connectivity index (χ1v) is 7.67. The molecule has 0 atom stereocenters. The highest BCUT2D eigenvalue weighted by molar-refractivity contribution is 9.10. The van der Waals surface area contributed by atoms with Crippen LogP contribution < -0.4 is 5.73 Å². The highest BCUT2D eigenvalue weighted by Gasteiger charge is 2.14. The van der Waals surface area contributed by atoms with Crippen molar-refractivity contribution in [2.45, 2.75) is 17.6 Å². The van der Waals surface area contributed by atoms with Crippen LogP contribution in [0.3, 0.4) is 0 Å². The molecule has 0 unspecified atom stereocenters. The van der Waals surface area contributed by atoms with Crippen molar-refractivity contribution in [2.75, 3.05) is 5.73 Å². The Morgan fingerprint density at radius 1 is 1.30 bits per heavy atom. The SMILES string of the molecule is Cc1cc(SCc2ccc(Br)cc2[N+](=O)[O-])ccc1N. The highest BCUT2D eigenvalue weighted by Crippen LogP contribution is 2.31. The van der Waals surface area contributed by atoms with Crippen LogP contribution in [0.2, 0.25) is 0 Å². The van der Waals surface area contributed by atoms with Crippen molar-refractivity contribution < 1.29 is 4.92 Å². The predicted molar refractivity (Wildman–Crippen MR) is 85.9 cm³/mol. The standard InChI is InChI=1S/C14H13BrN2O2S/c1-9-6-12(4-5-13(9)16)20-8-10-2-3-11(15)7-14(10)17(18)19/h2-7H,8,16H2,1H3. The lowest BCUT2D eigenvalue weighted by molar-refractivity contribution is -0.385. The Morgan fingerprint density at radius 3 is 2.70 bits per heavy atom. The van der Waals surface area contributed by atoms with E-state index in [1.807, 2.05) is 31.2 Å². The zero-order valence-electron chi connectivity index (χ0n) is 10.8. The van der Waals surface area contributed by atoms with Gasteiger partial charge >= 0.3 is 0 Å². The fraction of sp³-hybridized carbons (Fsp3) is 0.143. The molecule has 4 nitrogen and oxygen atoms in total. The lowest BCUT2D eigenvalue weighted by Gasteiger charge is -2.06. The molecule has 0 amide bonds. The van der Waals surface area contributed by atoms with E-state index in [-0.39, 0.29) is 10.6 Å². The Kier molecular flexibility index (Phi) is 4.67. The number of benzene rings is 2. The van der Waals surface area contributed by atoms with Gasteiger partial charge in [-0.25, -0.2) is 0 Å². The molecule has 0 saturated carbocycles. The molecule has 2 rings (SSSR count). The van der Waals surface area contributed by atoms with Gasteiger partial charge in [-0.3, -0.25) is 10.1 Å². The van der Waals surface area contributed by atoms with E-state index in [1.54, 1.807) is 17.8 Å². The zero-order chi connectivity index (χ0) is 14.7. The first-order chi connectivity index (χ1) is 9.47. The smallest absolute Gasteiger partial charge is 0.274 e. The summed E-state index contributed by atoms with van der Waals surface area (Å²) in [6, 6.07) is 10.9. The Morgan fingerprint density at radius 2 is 2.05 bits per heavy atom. The van der Waals surface area contributed by atoms with Gasteiger partial charge in [-0.15, -0.1) is 11.8 Å². The van der Waals surface area contributed by atoms with E-state index in [0.29, 0.717) is 15.8 Å². The third-order valence-corrected chi connectivity index (χ3v) is 4.42. The van der Waals surface area contributed by atoms with Crippen LogP contribution >= 0.6 is 27.7 Å². The maximum atomic E-state index is 11.0. The molecule has 0 heterocycles. The number of hydrogen-bond donors (Lipinski definition) is 1. The first-order valence-electron chi connectivity index (χ1n) is 5.89. The zero-order valence-corrected chi connectivity index (χ0v) is 13.2. The summed E-state index contributed by atoms with van der Waals surface area (Å²) in [6.45, 7) is 1.95. The summed E-state index contributed by atoms with van der Waals surface area (Å²) < 4.78 is 0.710. The summed E-state index contributed by atoms with van der Waals surface area (Å²) in [5, 5.41) is 11.0. The minimum Gasteiger partial charge on any atom is -0.399 e. The highest BCUT2D eigenvalue weighted by atomic mass is 79.9. The maximum absolute atomic E-state index is 11.0. The number of halogens is 1. The van der Waals surface area contributed by atoms with E-state index in [0.717, 1.165) is 16.1 Å². The van der Waals surface area contributed by atoms with E-state index in [4.69, 9.17) is 5.73 Å². The molecule has 20 heavy (non-hydrogen) atoms. The number of nitrogen functional groups attached to an aromatic ring is 1. The van der Waals surface area contributed by atoms with Crippen LogP contribution in [-0.4, -0.2) is 4.92 Å². The molecule has 6 heteroatoms. The minimum absolute atomic E-state index is 0.138. The fourth-order valence-corrected chi connectivity index (χ4v) is 3.07. The van der Waals surface area contributed by atoms with Gasteiger partial charge in [0.05, 0.1) is 4.92 Å². The summed E-state index contributed by atoms with van der Waals surface area (Å²) in [6.07, 6.45) is 0. The molecule has 0 aliphatic heterocycles. The van der Waals surface area contributed by atoms with Crippen LogP contribution in [0.15, 0.2) is 45.8 Å². The second-order valence-corrected chi connectivity index (χ2v) is 6.30. The predicted octanol–water partition coefficient (Wildman–Crippen LogP) is 4.54. The van der Waals surface area contributed by atoms with E-state index in [9.17, 15) is 10.1 Å². The number of nitro benzene ring substituents is 1. The van der Waals surface area contributed by atoms with Gasteiger partial charge < -0.3 is 5.73 Å². The van der Waals surface area contributed by atoms with E-state index in [2.05, 4.69) is 15.9 Å². The van der Waals surface area contributed by atoms with Crippen LogP contribution in [0.4, 0.5) is 11.4 Å². The van der Waals surface area contributed by atoms with Gasteiger partial charge in [0.2, 0.25) is 0 Å². The van der Waals surface area contributed by atoms with Crippen molar-refractivity contribution in [3.05, 3.63) is 62.1 Å². The average Bonchev–Trinajstić information content (AvgIpc) is 2.41. The van der Waals surface area contributed by atoms with Crippen LogP contribution in [0, 0.1) is 17.0 Å². The number of thioether (sulfide) groups is 1. The fourth-order valence-electron chi connectivity index (χ4n) is 1.73. The summed E-state index contributed by atoms with van der Waals surface area (Å²) in [4.78, 5) is 11.7. The Bertz CT molecular complexity index is 662. The van der Waals surface area contributed by atoms with Gasteiger partial charge in [0, 0.05) is 32.4 Å². The molecule has 0 radical (unpaired) electrons. The molecule has 2 aromatic carbocycles. The van der Waals surface area contributed by atoms with Gasteiger partial charge in [-0.05, 0) is 36.8 Å². The van der Waals surface area contributed by atoms with Crippen molar-refractivity contribution in [1.29, 1.82) is 0 Å². The molecule has 2 aromatic rings. The molecule has 0 fully saturated rings. The van der Waals surface area contributed by atoms with Gasteiger partial charge in [-0.1, -0.05) is 22.0 Å². The molecule has 104 valence electrons. The van der Waals surface area contributed by atoms with Gasteiger partial charge in [-0.2, -0.15) is 0 Å².